The molecule has 1 atom stereocenters. The van der Waals surface area contributed by atoms with Gasteiger partial charge in [0.1, 0.15) is 5.60 Å². The van der Waals surface area contributed by atoms with Crippen molar-refractivity contribution < 1.29 is 14.3 Å². The zero-order valence-electron chi connectivity index (χ0n) is 16.1. The molecule has 2 heterocycles. The van der Waals surface area contributed by atoms with E-state index in [1.165, 1.54) is 9.75 Å². The summed E-state index contributed by atoms with van der Waals surface area (Å²) in [6.45, 7) is 13.0. The monoisotopic (exact) mass is 368 g/mol. The second-order valence-electron chi connectivity index (χ2n) is 7.66. The molecule has 1 aromatic heterocycles. The van der Waals surface area contributed by atoms with Gasteiger partial charge in [-0.2, -0.15) is 0 Å². The van der Waals surface area contributed by atoms with Crippen LogP contribution in [0.1, 0.15) is 56.3 Å². The van der Waals surface area contributed by atoms with E-state index in [1.807, 2.05) is 32.1 Å². The molecule has 0 saturated carbocycles. The quantitative estimate of drug-likeness (QED) is 0.767. The number of hydrogen-bond donors (Lipinski definition) is 1. The van der Waals surface area contributed by atoms with Gasteiger partial charge < -0.3 is 19.7 Å². The molecule has 0 aromatic carbocycles. The van der Waals surface area contributed by atoms with Crippen LogP contribution >= 0.6 is 11.3 Å². The van der Waals surface area contributed by atoms with Crippen molar-refractivity contribution in [2.45, 2.75) is 65.2 Å². The number of piperidine rings is 1. The topological polar surface area (TPSA) is 50.8 Å². The molecule has 1 unspecified atom stereocenters. The summed E-state index contributed by atoms with van der Waals surface area (Å²) < 4.78 is 11.4. The van der Waals surface area contributed by atoms with Crippen LogP contribution in [0.25, 0.3) is 0 Å². The highest BCUT2D eigenvalue weighted by atomic mass is 32.1. The molecule has 0 aliphatic carbocycles. The van der Waals surface area contributed by atoms with E-state index in [1.54, 1.807) is 4.90 Å². The molecule has 6 heteroatoms. The van der Waals surface area contributed by atoms with Crippen molar-refractivity contribution in [3.8, 4) is 0 Å². The van der Waals surface area contributed by atoms with E-state index in [9.17, 15) is 4.79 Å². The first-order valence-electron chi connectivity index (χ1n) is 9.14. The highest BCUT2D eigenvalue weighted by Gasteiger charge is 2.27. The average molecular weight is 369 g/mol. The third-order valence-corrected chi connectivity index (χ3v) is 5.37. The Morgan fingerprint density at radius 1 is 1.36 bits per heavy atom. The molecule has 25 heavy (non-hydrogen) atoms. The van der Waals surface area contributed by atoms with Gasteiger partial charge >= 0.3 is 6.09 Å². The van der Waals surface area contributed by atoms with Crippen LogP contribution in [0.15, 0.2) is 12.1 Å². The lowest BCUT2D eigenvalue weighted by Crippen LogP contribution is -2.43. The number of likely N-dealkylation sites (tertiary alicyclic amines) is 1. The molecular weight excluding hydrogens is 336 g/mol. The molecule has 2 rings (SSSR count). The Morgan fingerprint density at radius 3 is 2.60 bits per heavy atom. The second kappa shape index (κ2) is 9.01. The number of nitrogens with zero attached hydrogens (tertiary/aromatic N) is 1. The van der Waals surface area contributed by atoms with Crippen LogP contribution in [0.5, 0.6) is 0 Å². The third-order valence-electron chi connectivity index (χ3n) is 4.19. The van der Waals surface area contributed by atoms with Gasteiger partial charge in [0.25, 0.3) is 0 Å². The average Bonchev–Trinajstić information content (AvgIpc) is 2.97. The Morgan fingerprint density at radius 2 is 2.04 bits per heavy atom. The normalized spacial score (nSPS) is 17.6. The van der Waals surface area contributed by atoms with Gasteiger partial charge in [-0.3, -0.25) is 0 Å². The molecule has 1 aliphatic rings. The number of ether oxygens (including phenoxy) is 2. The molecule has 1 fully saturated rings. The smallest absolute Gasteiger partial charge is 0.410 e. The molecule has 1 saturated heterocycles. The zero-order chi connectivity index (χ0) is 18.4. The van der Waals surface area contributed by atoms with E-state index in [4.69, 9.17) is 9.47 Å². The Balaban J connectivity index is 1.60. The first kappa shape index (κ1) is 20.2. The minimum atomic E-state index is -0.437. The maximum absolute atomic E-state index is 12.0. The maximum atomic E-state index is 12.0. The number of thiophene rings is 1. The molecular formula is C19H32N2O3S. The molecule has 5 nitrogen and oxygen atoms in total. The van der Waals surface area contributed by atoms with Crippen molar-refractivity contribution in [3.05, 3.63) is 21.9 Å². The fourth-order valence-corrected chi connectivity index (χ4v) is 3.72. The summed E-state index contributed by atoms with van der Waals surface area (Å²) in [6.07, 6.45) is 1.77. The molecule has 0 bridgehead atoms. The molecule has 1 amide bonds. The van der Waals surface area contributed by atoms with Crippen LogP contribution < -0.4 is 5.32 Å². The molecule has 1 N–H and O–H groups in total. The van der Waals surface area contributed by atoms with E-state index < -0.39 is 5.60 Å². The lowest BCUT2D eigenvalue weighted by molar-refractivity contribution is -0.0107. The van der Waals surface area contributed by atoms with Crippen molar-refractivity contribution in [1.29, 1.82) is 0 Å². The van der Waals surface area contributed by atoms with Gasteiger partial charge in [0, 0.05) is 35.4 Å². The van der Waals surface area contributed by atoms with E-state index in [0.717, 1.165) is 19.4 Å². The highest BCUT2D eigenvalue weighted by molar-refractivity contribution is 7.12. The number of hydrogen-bond acceptors (Lipinski definition) is 5. The van der Waals surface area contributed by atoms with Gasteiger partial charge in [-0.15, -0.1) is 11.3 Å². The number of amides is 1. The fourth-order valence-electron chi connectivity index (χ4n) is 2.82. The summed E-state index contributed by atoms with van der Waals surface area (Å²) in [5.74, 6) is 0. The van der Waals surface area contributed by atoms with Crippen LogP contribution in [0, 0.1) is 6.92 Å². The van der Waals surface area contributed by atoms with Crippen molar-refractivity contribution >= 4 is 17.4 Å². The first-order chi connectivity index (χ1) is 11.7. The van der Waals surface area contributed by atoms with Gasteiger partial charge in [0.05, 0.1) is 12.7 Å². The first-order valence-corrected chi connectivity index (χ1v) is 9.95. The molecule has 1 aromatic rings. The number of carbonyl (C=O) groups is 1. The SMILES string of the molecule is Cc1ccc(C(C)NCCOC2CCN(C(=O)OC(C)(C)C)CC2)s1. The van der Waals surface area contributed by atoms with Gasteiger partial charge in [0.2, 0.25) is 0 Å². The second-order valence-corrected chi connectivity index (χ2v) is 8.98. The Labute approximate surface area is 155 Å². The largest absolute Gasteiger partial charge is 0.444 e. The van der Waals surface area contributed by atoms with E-state index in [0.29, 0.717) is 25.7 Å². The zero-order valence-corrected chi connectivity index (χ0v) is 16.9. The lowest BCUT2D eigenvalue weighted by Gasteiger charge is -2.33. The van der Waals surface area contributed by atoms with Gasteiger partial charge in [0.15, 0.2) is 0 Å². The minimum absolute atomic E-state index is 0.215. The molecule has 0 spiro atoms. The van der Waals surface area contributed by atoms with Crippen LogP contribution in [-0.4, -0.2) is 48.9 Å². The maximum Gasteiger partial charge on any atom is 0.410 e. The summed E-state index contributed by atoms with van der Waals surface area (Å²) in [4.78, 5) is 16.5. The minimum Gasteiger partial charge on any atom is -0.444 e. The van der Waals surface area contributed by atoms with Crippen molar-refractivity contribution in [1.82, 2.24) is 10.2 Å². The van der Waals surface area contributed by atoms with E-state index >= 15 is 0 Å². The van der Waals surface area contributed by atoms with Crippen LogP contribution in [0.2, 0.25) is 0 Å². The number of nitrogens with one attached hydrogen (secondary N) is 1. The summed E-state index contributed by atoms with van der Waals surface area (Å²) in [5, 5.41) is 3.51. The summed E-state index contributed by atoms with van der Waals surface area (Å²) in [5.41, 5.74) is -0.437. The highest BCUT2D eigenvalue weighted by Crippen LogP contribution is 2.22. The van der Waals surface area contributed by atoms with Crippen molar-refractivity contribution in [2.75, 3.05) is 26.2 Å². The van der Waals surface area contributed by atoms with Gasteiger partial charge in [-0.1, -0.05) is 0 Å². The van der Waals surface area contributed by atoms with Crippen LogP contribution in [0.3, 0.4) is 0 Å². The van der Waals surface area contributed by atoms with Gasteiger partial charge in [-0.25, -0.2) is 4.79 Å². The fraction of sp³-hybridized carbons (Fsp3) is 0.737. The Hall–Kier alpha value is -1.11. The number of aryl methyl sites for hydroxylation is 1. The predicted molar refractivity (Wildman–Crippen MR) is 102 cm³/mol. The van der Waals surface area contributed by atoms with Gasteiger partial charge in [-0.05, 0) is 59.6 Å². The summed E-state index contributed by atoms with van der Waals surface area (Å²) in [7, 11) is 0. The molecule has 1 aliphatic heterocycles. The third kappa shape index (κ3) is 6.96. The molecule has 142 valence electrons. The van der Waals surface area contributed by atoms with E-state index in [-0.39, 0.29) is 12.2 Å². The Bertz CT molecular complexity index is 545. The Kier molecular flexibility index (Phi) is 7.28. The standard InChI is InChI=1S/C19H32N2O3S/c1-14-6-7-17(25-14)15(2)20-10-13-23-16-8-11-21(12-9-16)18(22)24-19(3,4)5/h6-7,15-16,20H,8-13H2,1-5H3. The lowest BCUT2D eigenvalue weighted by atomic mass is 10.1. The van der Waals surface area contributed by atoms with Crippen molar-refractivity contribution in [3.63, 3.8) is 0 Å². The van der Waals surface area contributed by atoms with Crippen LogP contribution in [0.4, 0.5) is 4.79 Å². The number of carbonyl (C=O) groups excluding carboxylic acids is 1. The molecule has 0 radical (unpaired) electrons. The number of rotatable bonds is 6. The van der Waals surface area contributed by atoms with Crippen molar-refractivity contribution in [2.24, 2.45) is 0 Å². The summed E-state index contributed by atoms with van der Waals surface area (Å²) >= 11 is 1.84. The van der Waals surface area contributed by atoms with E-state index in [2.05, 4.69) is 31.3 Å². The van der Waals surface area contributed by atoms with Crippen LogP contribution in [-0.2, 0) is 9.47 Å². The predicted octanol–water partition coefficient (Wildman–Crippen LogP) is 4.12. The summed E-state index contributed by atoms with van der Waals surface area (Å²) in [6, 6.07) is 4.70.